The monoisotopic (exact) mass is 284 g/mol. The summed E-state index contributed by atoms with van der Waals surface area (Å²) in [6.45, 7) is 3.61. The van der Waals surface area contributed by atoms with Crippen LogP contribution in [0.5, 0.6) is 0 Å². The Labute approximate surface area is 118 Å². The van der Waals surface area contributed by atoms with Gasteiger partial charge < -0.3 is 4.98 Å². The number of nitrogens with one attached hydrogen (secondary N) is 1. The minimum atomic E-state index is -1.07. The van der Waals surface area contributed by atoms with Crippen molar-refractivity contribution in [1.82, 2.24) is 20.2 Å². The molecule has 1 unspecified atom stereocenters. The van der Waals surface area contributed by atoms with Gasteiger partial charge in [-0.3, -0.25) is 4.21 Å². The van der Waals surface area contributed by atoms with Crippen LogP contribution in [-0.4, -0.2) is 30.1 Å². The molecule has 3 rings (SSSR count). The van der Waals surface area contributed by atoms with Gasteiger partial charge in [0.1, 0.15) is 11.3 Å². The largest absolute Gasteiger partial charge is 0.337 e. The summed E-state index contributed by atoms with van der Waals surface area (Å²) in [7, 11) is -1.07. The molecule has 3 aromatic rings. The molecule has 0 bridgehead atoms. The number of H-pyrrole nitrogens is 1. The lowest BCUT2D eigenvalue weighted by Gasteiger charge is -2.01. The summed E-state index contributed by atoms with van der Waals surface area (Å²) in [5, 5.41) is 7.61. The molecule has 6 heteroatoms. The lowest BCUT2D eigenvalue weighted by atomic mass is 10.2. The van der Waals surface area contributed by atoms with Crippen LogP contribution in [0.4, 0.5) is 0 Å². The minimum Gasteiger partial charge on any atom is -0.337 e. The molecule has 2 aromatic heterocycles. The third-order valence-electron chi connectivity index (χ3n) is 2.83. The van der Waals surface area contributed by atoms with E-state index < -0.39 is 10.8 Å². The Kier molecular flexibility index (Phi) is 3.39. The van der Waals surface area contributed by atoms with Crippen molar-refractivity contribution in [3.05, 3.63) is 49.3 Å². The maximum atomic E-state index is 12.0. The summed E-state index contributed by atoms with van der Waals surface area (Å²) in [5.74, 6) is 1.16. The van der Waals surface area contributed by atoms with E-state index in [0.717, 1.165) is 21.5 Å². The van der Waals surface area contributed by atoms with E-state index in [-0.39, 0.29) is 0 Å². The molecular weight excluding hydrogens is 272 g/mol. The van der Waals surface area contributed by atoms with Crippen molar-refractivity contribution in [1.29, 1.82) is 0 Å². The molecule has 0 aliphatic carbocycles. The summed E-state index contributed by atoms with van der Waals surface area (Å²) in [6.07, 6.45) is 4.89. The first-order chi connectivity index (χ1) is 9.78. The van der Waals surface area contributed by atoms with Crippen molar-refractivity contribution < 1.29 is 4.21 Å². The van der Waals surface area contributed by atoms with Gasteiger partial charge in [0.2, 0.25) is 0 Å². The first-order valence-electron chi connectivity index (χ1n) is 6.04. The van der Waals surface area contributed by atoms with E-state index in [1.165, 1.54) is 0 Å². The van der Waals surface area contributed by atoms with Crippen molar-refractivity contribution in [3.8, 4) is 11.4 Å². The molecule has 5 nitrogen and oxygen atoms in total. The van der Waals surface area contributed by atoms with Crippen LogP contribution in [0.3, 0.4) is 0 Å². The first-order valence-corrected chi connectivity index (χ1v) is 7.36. The predicted octanol–water partition coefficient (Wildman–Crippen LogP) is 2.31. The van der Waals surface area contributed by atoms with Gasteiger partial charge >= 0.3 is 0 Å². The van der Waals surface area contributed by atoms with Crippen LogP contribution in [0.2, 0.25) is 0 Å². The molecule has 0 spiro atoms. The fourth-order valence-corrected chi connectivity index (χ4v) is 2.80. The van der Waals surface area contributed by atoms with Crippen LogP contribution in [-0.2, 0) is 10.8 Å². The van der Waals surface area contributed by atoms with E-state index in [0.29, 0.717) is 11.6 Å². The third-order valence-corrected chi connectivity index (χ3v) is 4.15. The number of benzene rings is 1. The van der Waals surface area contributed by atoms with E-state index in [2.05, 4.69) is 26.7 Å². The van der Waals surface area contributed by atoms with Gasteiger partial charge in [0.15, 0.2) is 0 Å². The van der Waals surface area contributed by atoms with Crippen LogP contribution >= 0.6 is 0 Å². The Morgan fingerprint density at radius 1 is 1.30 bits per heavy atom. The van der Waals surface area contributed by atoms with Gasteiger partial charge in [-0.1, -0.05) is 18.2 Å². The second-order valence-corrected chi connectivity index (χ2v) is 5.70. The highest BCUT2D eigenvalue weighted by Gasteiger charge is 2.08. The van der Waals surface area contributed by atoms with E-state index >= 15 is 0 Å². The molecule has 1 N–H and O–H groups in total. The molecule has 1 atom stereocenters. The molecule has 20 heavy (non-hydrogen) atoms. The Morgan fingerprint density at radius 3 is 2.95 bits per heavy atom. The number of imidazole rings is 1. The van der Waals surface area contributed by atoms with Gasteiger partial charge in [0.05, 0.1) is 28.7 Å². The normalized spacial score (nSPS) is 12.4. The quantitative estimate of drug-likeness (QED) is 0.746. The third kappa shape index (κ3) is 2.37. The van der Waals surface area contributed by atoms with Crippen molar-refractivity contribution in [2.75, 3.05) is 5.75 Å². The van der Waals surface area contributed by atoms with Gasteiger partial charge in [-0.25, -0.2) is 4.98 Å². The SMILES string of the molecule is C=CCS(=O)c1cccc(-c2nc3cnncc3[nH]2)c1. The first kappa shape index (κ1) is 12.7. The van der Waals surface area contributed by atoms with E-state index in [1.807, 2.05) is 24.3 Å². The molecule has 0 saturated carbocycles. The number of fused-ring (bicyclic) bond motifs is 1. The highest BCUT2D eigenvalue weighted by molar-refractivity contribution is 7.85. The van der Waals surface area contributed by atoms with Crippen LogP contribution in [0, 0.1) is 0 Å². The van der Waals surface area contributed by atoms with E-state index in [1.54, 1.807) is 18.5 Å². The Hall–Kier alpha value is -2.34. The molecule has 2 heterocycles. The number of aromatic amines is 1. The lowest BCUT2D eigenvalue weighted by Crippen LogP contribution is -1.95. The van der Waals surface area contributed by atoms with E-state index in [4.69, 9.17) is 0 Å². The number of aromatic nitrogens is 4. The smallest absolute Gasteiger partial charge is 0.138 e. The molecule has 0 amide bonds. The molecule has 0 aliphatic rings. The topological polar surface area (TPSA) is 71.5 Å². The van der Waals surface area contributed by atoms with Gasteiger partial charge in [0, 0.05) is 16.2 Å². The maximum Gasteiger partial charge on any atom is 0.138 e. The van der Waals surface area contributed by atoms with Crippen molar-refractivity contribution in [3.63, 3.8) is 0 Å². The summed E-state index contributed by atoms with van der Waals surface area (Å²) in [4.78, 5) is 8.39. The molecule has 0 radical (unpaired) electrons. The highest BCUT2D eigenvalue weighted by atomic mass is 32.2. The van der Waals surface area contributed by atoms with Crippen LogP contribution < -0.4 is 0 Å². The zero-order chi connectivity index (χ0) is 13.9. The Bertz CT molecular complexity index is 763. The molecule has 0 saturated heterocycles. The zero-order valence-electron chi connectivity index (χ0n) is 10.6. The maximum absolute atomic E-state index is 12.0. The second kappa shape index (κ2) is 5.34. The van der Waals surface area contributed by atoms with Crippen molar-refractivity contribution >= 4 is 21.8 Å². The molecule has 100 valence electrons. The minimum absolute atomic E-state index is 0.442. The van der Waals surface area contributed by atoms with Crippen LogP contribution in [0.25, 0.3) is 22.4 Å². The number of rotatable bonds is 4. The fourth-order valence-electron chi connectivity index (χ4n) is 1.90. The van der Waals surface area contributed by atoms with Gasteiger partial charge in [-0.05, 0) is 12.1 Å². The second-order valence-electron chi connectivity index (χ2n) is 4.20. The standard InChI is InChI=1S/C14H12N4OS/c1-2-6-20(19)11-5-3-4-10(7-11)14-17-12-8-15-16-9-13(12)18-14/h2-5,7-9H,1,6H2,(H,17,18). The van der Waals surface area contributed by atoms with Gasteiger partial charge in [0.25, 0.3) is 0 Å². The van der Waals surface area contributed by atoms with Crippen molar-refractivity contribution in [2.45, 2.75) is 4.90 Å². The predicted molar refractivity (Wildman–Crippen MR) is 78.6 cm³/mol. The summed E-state index contributed by atoms with van der Waals surface area (Å²) in [5.41, 5.74) is 2.47. The summed E-state index contributed by atoms with van der Waals surface area (Å²) >= 11 is 0. The molecule has 0 fully saturated rings. The average Bonchev–Trinajstić information content (AvgIpc) is 2.91. The van der Waals surface area contributed by atoms with Crippen LogP contribution in [0.1, 0.15) is 0 Å². The van der Waals surface area contributed by atoms with Crippen molar-refractivity contribution in [2.24, 2.45) is 0 Å². The zero-order valence-corrected chi connectivity index (χ0v) is 11.4. The van der Waals surface area contributed by atoms with Gasteiger partial charge in [-0.2, -0.15) is 10.2 Å². The molecule has 1 aromatic carbocycles. The number of nitrogens with zero attached hydrogens (tertiary/aromatic N) is 3. The number of hydrogen-bond acceptors (Lipinski definition) is 4. The fraction of sp³-hybridized carbons (Fsp3) is 0.0714. The highest BCUT2D eigenvalue weighted by Crippen LogP contribution is 2.21. The molecular formula is C14H12N4OS. The van der Waals surface area contributed by atoms with Crippen LogP contribution in [0.15, 0.2) is 54.2 Å². The van der Waals surface area contributed by atoms with E-state index in [9.17, 15) is 4.21 Å². The Balaban J connectivity index is 2.03. The average molecular weight is 284 g/mol. The summed E-state index contributed by atoms with van der Waals surface area (Å²) < 4.78 is 12.0. The summed E-state index contributed by atoms with van der Waals surface area (Å²) in [6, 6.07) is 7.51. The number of hydrogen-bond donors (Lipinski definition) is 1. The van der Waals surface area contributed by atoms with Gasteiger partial charge in [-0.15, -0.1) is 6.58 Å². The molecule has 0 aliphatic heterocycles. The lowest BCUT2D eigenvalue weighted by molar-refractivity contribution is 0.685. The Morgan fingerprint density at radius 2 is 2.15 bits per heavy atom.